The molecule has 0 aliphatic carbocycles. The van der Waals surface area contributed by atoms with Gasteiger partial charge in [-0.05, 0) is 54.3 Å². The summed E-state index contributed by atoms with van der Waals surface area (Å²) in [5.74, 6) is 0.679. The number of H-pyrrole nitrogens is 1. The van der Waals surface area contributed by atoms with E-state index in [2.05, 4.69) is 33.6 Å². The number of carbonyl (C=O) groups excluding carboxylic acids is 1. The van der Waals surface area contributed by atoms with E-state index in [1.54, 1.807) is 17.8 Å². The number of aryl methyl sites for hydroxylation is 2. The third-order valence-corrected chi connectivity index (χ3v) is 5.67. The van der Waals surface area contributed by atoms with Crippen LogP contribution >= 0.6 is 11.6 Å². The molecule has 0 bridgehead atoms. The Morgan fingerprint density at radius 3 is 2.97 bits per heavy atom. The Morgan fingerprint density at radius 2 is 2.17 bits per heavy atom. The number of benzene rings is 2. The molecule has 152 valence electrons. The Kier molecular flexibility index (Phi) is 4.51. The Morgan fingerprint density at radius 1 is 1.30 bits per heavy atom. The molecular weight excluding hydrogens is 400 g/mol. The average Bonchev–Trinajstić information content (AvgIpc) is 3.42. The van der Waals surface area contributed by atoms with E-state index < -0.39 is 0 Å². The molecule has 0 saturated heterocycles. The zero-order chi connectivity index (χ0) is 20.8. The highest BCUT2D eigenvalue weighted by molar-refractivity contribution is 6.31. The van der Waals surface area contributed by atoms with Gasteiger partial charge in [-0.25, -0.2) is 0 Å². The van der Waals surface area contributed by atoms with E-state index in [0.29, 0.717) is 23.7 Å². The fraction of sp³-hybridized carbons (Fsp3) is 0.217. The lowest BCUT2D eigenvalue weighted by Crippen LogP contribution is -2.35. The van der Waals surface area contributed by atoms with Crippen molar-refractivity contribution >= 4 is 28.4 Å². The summed E-state index contributed by atoms with van der Waals surface area (Å²) in [7, 11) is 1.76. The van der Waals surface area contributed by atoms with Crippen molar-refractivity contribution in [1.29, 1.82) is 0 Å². The monoisotopic (exact) mass is 420 g/mol. The molecular formula is C23H21ClN4O2. The van der Waals surface area contributed by atoms with Crippen LogP contribution in [0.3, 0.4) is 0 Å². The number of amides is 1. The number of nitrogens with one attached hydrogen (secondary N) is 2. The summed E-state index contributed by atoms with van der Waals surface area (Å²) in [4.78, 5) is 15.7. The van der Waals surface area contributed by atoms with Crippen molar-refractivity contribution < 1.29 is 9.53 Å². The molecule has 2 aromatic carbocycles. The molecule has 1 atom stereocenters. The number of carbonyl (C=O) groups is 1. The SMILES string of the molecule is Cc1cc(C(=O)NCC2Cc3cc(Cl)cc(-c4ccc5[nH]ccc5c4)c3O2)n(C)n1. The van der Waals surface area contributed by atoms with Crippen LogP contribution in [0, 0.1) is 6.92 Å². The zero-order valence-electron chi connectivity index (χ0n) is 16.7. The second-order valence-corrected chi connectivity index (χ2v) is 8.11. The van der Waals surface area contributed by atoms with Crippen molar-refractivity contribution in [1.82, 2.24) is 20.1 Å². The van der Waals surface area contributed by atoms with Gasteiger partial charge in [-0.1, -0.05) is 17.7 Å². The minimum Gasteiger partial charge on any atom is -0.487 e. The largest absolute Gasteiger partial charge is 0.487 e. The lowest BCUT2D eigenvalue weighted by atomic mass is 9.99. The second kappa shape index (κ2) is 7.22. The van der Waals surface area contributed by atoms with Gasteiger partial charge >= 0.3 is 0 Å². The summed E-state index contributed by atoms with van der Waals surface area (Å²) in [5.41, 5.74) is 5.51. The summed E-state index contributed by atoms with van der Waals surface area (Å²) in [5, 5.41) is 9.00. The number of rotatable bonds is 4. The average molecular weight is 421 g/mol. The molecule has 0 fully saturated rings. The van der Waals surface area contributed by atoms with Gasteiger partial charge in [0.15, 0.2) is 0 Å². The van der Waals surface area contributed by atoms with Crippen molar-refractivity contribution in [3.63, 3.8) is 0 Å². The number of halogens is 1. The lowest BCUT2D eigenvalue weighted by Gasteiger charge is -2.14. The number of hydrogen-bond donors (Lipinski definition) is 2. The van der Waals surface area contributed by atoms with Gasteiger partial charge in [0, 0.05) is 41.3 Å². The third-order valence-electron chi connectivity index (χ3n) is 5.45. The first kappa shape index (κ1) is 18.8. The van der Waals surface area contributed by atoms with Crippen LogP contribution in [0.4, 0.5) is 0 Å². The molecule has 2 N–H and O–H groups in total. The smallest absolute Gasteiger partial charge is 0.269 e. The highest BCUT2D eigenvalue weighted by Crippen LogP contribution is 2.41. The summed E-state index contributed by atoms with van der Waals surface area (Å²) >= 11 is 6.41. The predicted molar refractivity (Wildman–Crippen MR) is 117 cm³/mol. The maximum atomic E-state index is 12.5. The number of ether oxygens (including phenoxy) is 1. The van der Waals surface area contributed by atoms with E-state index in [-0.39, 0.29) is 12.0 Å². The van der Waals surface area contributed by atoms with E-state index in [1.807, 2.05) is 31.3 Å². The molecule has 3 heterocycles. The van der Waals surface area contributed by atoms with Crippen LogP contribution in [0.1, 0.15) is 21.7 Å². The molecule has 1 aliphatic rings. The minimum atomic E-state index is -0.158. The highest BCUT2D eigenvalue weighted by atomic mass is 35.5. The molecule has 30 heavy (non-hydrogen) atoms. The van der Waals surface area contributed by atoms with E-state index in [0.717, 1.165) is 39.0 Å². The Hall–Kier alpha value is -3.25. The van der Waals surface area contributed by atoms with Gasteiger partial charge in [0.25, 0.3) is 5.91 Å². The number of fused-ring (bicyclic) bond motifs is 2. The van der Waals surface area contributed by atoms with Crippen molar-refractivity contribution in [3.8, 4) is 16.9 Å². The number of hydrogen-bond acceptors (Lipinski definition) is 3. The second-order valence-electron chi connectivity index (χ2n) is 7.67. The standard InChI is InChI=1S/C23H21ClN4O2/c1-13-7-21(28(2)27-13)23(29)26-12-18-10-16-9-17(24)11-19(22(16)30-18)14-3-4-20-15(8-14)5-6-25-20/h3-9,11,18,25H,10,12H2,1-2H3,(H,26,29). The van der Waals surface area contributed by atoms with Crippen molar-refractivity contribution in [2.24, 2.45) is 7.05 Å². The van der Waals surface area contributed by atoms with Crippen molar-refractivity contribution in [2.75, 3.05) is 6.54 Å². The normalized spacial score (nSPS) is 15.2. The molecule has 7 heteroatoms. The van der Waals surface area contributed by atoms with Gasteiger partial charge in [0.2, 0.25) is 0 Å². The van der Waals surface area contributed by atoms with Crippen LogP contribution in [-0.2, 0) is 13.5 Å². The third kappa shape index (κ3) is 3.33. The van der Waals surface area contributed by atoms with Crippen LogP contribution in [0.25, 0.3) is 22.0 Å². The van der Waals surface area contributed by atoms with Gasteiger partial charge < -0.3 is 15.0 Å². The number of aromatic amines is 1. The maximum Gasteiger partial charge on any atom is 0.269 e. The molecule has 5 rings (SSSR count). The predicted octanol–water partition coefficient (Wildman–Crippen LogP) is 4.26. The van der Waals surface area contributed by atoms with Crippen molar-refractivity contribution in [2.45, 2.75) is 19.4 Å². The number of nitrogens with zero attached hydrogens (tertiary/aromatic N) is 2. The zero-order valence-corrected chi connectivity index (χ0v) is 17.5. The topological polar surface area (TPSA) is 71.9 Å². The molecule has 1 unspecified atom stereocenters. The fourth-order valence-corrected chi connectivity index (χ4v) is 4.30. The molecule has 6 nitrogen and oxygen atoms in total. The van der Waals surface area contributed by atoms with Gasteiger partial charge in [0.1, 0.15) is 17.5 Å². The molecule has 4 aromatic rings. The quantitative estimate of drug-likeness (QED) is 0.518. The molecule has 0 spiro atoms. The van der Waals surface area contributed by atoms with E-state index in [1.165, 1.54) is 0 Å². The first-order valence-electron chi connectivity index (χ1n) is 9.83. The molecule has 2 aromatic heterocycles. The Labute approximate surface area is 178 Å². The van der Waals surface area contributed by atoms with Crippen molar-refractivity contribution in [3.05, 3.63) is 70.6 Å². The molecule has 1 amide bonds. The van der Waals surface area contributed by atoms with Crippen LogP contribution < -0.4 is 10.1 Å². The van der Waals surface area contributed by atoms with Crippen LogP contribution in [-0.4, -0.2) is 33.3 Å². The van der Waals surface area contributed by atoms with Crippen LogP contribution in [0.15, 0.2) is 48.7 Å². The lowest BCUT2D eigenvalue weighted by molar-refractivity contribution is 0.0924. The van der Waals surface area contributed by atoms with E-state index >= 15 is 0 Å². The van der Waals surface area contributed by atoms with E-state index in [9.17, 15) is 4.79 Å². The highest BCUT2D eigenvalue weighted by Gasteiger charge is 2.27. The maximum absolute atomic E-state index is 12.5. The van der Waals surface area contributed by atoms with Crippen LogP contribution in [0.2, 0.25) is 5.02 Å². The summed E-state index contributed by atoms with van der Waals surface area (Å²) in [6.07, 6.45) is 2.47. The summed E-state index contributed by atoms with van der Waals surface area (Å²) in [6.45, 7) is 2.27. The van der Waals surface area contributed by atoms with Gasteiger partial charge in [-0.2, -0.15) is 5.10 Å². The van der Waals surface area contributed by atoms with Gasteiger partial charge in [0.05, 0.1) is 12.2 Å². The van der Waals surface area contributed by atoms with E-state index in [4.69, 9.17) is 16.3 Å². The Bertz CT molecular complexity index is 1270. The molecule has 1 aliphatic heterocycles. The Balaban J connectivity index is 1.37. The van der Waals surface area contributed by atoms with Gasteiger partial charge in [-0.15, -0.1) is 0 Å². The number of aromatic nitrogens is 3. The first-order valence-corrected chi connectivity index (χ1v) is 10.2. The summed E-state index contributed by atoms with van der Waals surface area (Å²) in [6, 6.07) is 13.9. The van der Waals surface area contributed by atoms with Gasteiger partial charge in [-0.3, -0.25) is 9.48 Å². The first-order chi connectivity index (χ1) is 14.5. The fourth-order valence-electron chi connectivity index (χ4n) is 4.06. The molecule has 0 saturated carbocycles. The summed E-state index contributed by atoms with van der Waals surface area (Å²) < 4.78 is 7.85. The minimum absolute atomic E-state index is 0.147. The van der Waals surface area contributed by atoms with Crippen LogP contribution in [0.5, 0.6) is 5.75 Å². The molecule has 0 radical (unpaired) electrons.